The van der Waals surface area contributed by atoms with Crippen LogP contribution in [0.1, 0.15) is 11.1 Å². The molecule has 6 N–H and O–H groups in total. The molecule has 8 nitrogen and oxygen atoms in total. The summed E-state index contributed by atoms with van der Waals surface area (Å²) in [5, 5.41) is 62.7. The van der Waals surface area contributed by atoms with Gasteiger partial charge in [0.05, 0.1) is 18.9 Å². The first-order valence-electron chi connectivity index (χ1n) is 11.4. The Bertz CT molecular complexity index is 884. The van der Waals surface area contributed by atoms with Gasteiger partial charge in [-0.25, -0.2) is 0 Å². The molecule has 4 aliphatic rings. The second-order valence-corrected chi connectivity index (χ2v) is 9.89. The number of nitrogens with zero attached hydrogens (tertiary/aromatic N) is 2. The van der Waals surface area contributed by atoms with E-state index in [1.165, 1.54) is 0 Å². The largest absolute Gasteiger partial charge is 0.394 e. The van der Waals surface area contributed by atoms with Gasteiger partial charge in [-0.3, -0.25) is 9.80 Å². The van der Waals surface area contributed by atoms with E-state index in [0.29, 0.717) is 26.2 Å². The molecule has 2 aromatic rings. The van der Waals surface area contributed by atoms with Crippen LogP contribution in [0.15, 0.2) is 60.7 Å². The van der Waals surface area contributed by atoms with Crippen molar-refractivity contribution in [1.29, 1.82) is 0 Å². The van der Waals surface area contributed by atoms with E-state index in [-0.39, 0.29) is 0 Å². The van der Waals surface area contributed by atoms with Crippen molar-refractivity contribution in [3.05, 3.63) is 71.8 Å². The van der Waals surface area contributed by atoms with Crippen LogP contribution in [0.25, 0.3) is 0 Å². The molecular weight excluding hydrogens is 424 g/mol. The van der Waals surface area contributed by atoms with Gasteiger partial charge in [0.1, 0.15) is 24.4 Å². The monoisotopic (exact) mass is 456 g/mol. The van der Waals surface area contributed by atoms with Gasteiger partial charge in [-0.2, -0.15) is 0 Å². The van der Waals surface area contributed by atoms with Crippen molar-refractivity contribution in [2.75, 3.05) is 32.8 Å². The van der Waals surface area contributed by atoms with Crippen LogP contribution in [0.2, 0.25) is 0 Å². The molecule has 6 rings (SSSR count). The third-order valence-electron chi connectivity index (χ3n) is 8.02. The number of aliphatic hydroxyl groups excluding tert-OH is 6. The number of benzene rings is 2. The van der Waals surface area contributed by atoms with E-state index in [2.05, 4.69) is 9.80 Å². The Morgan fingerprint density at radius 1 is 0.727 bits per heavy atom. The average Bonchev–Trinajstić information content (AvgIpc) is 2.85. The molecule has 4 unspecified atom stereocenters. The second-order valence-electron chi connectivity index (χ2n) is 9.89. The van der Waals surface area contributed by atoms with E-state index in [9.17, 15) is 25.5 Å². The quantitative estimate of drug-likeness (QED) is 0.301. The van der Waals surface area contributed by atoms with Crippen LogP contribution < -0.4 is 0 Å². The number of hydrogen-bond acceptors (Lipinski definition) is 8. The summed E-state index contributed by atoms with van der Waals surface area (Å²) < 4.78 is 0. The van der Waals surface area contributed by atoms with Gasteiger partial charge in [0.2, 0.25) is 0 Å². The average molecular weight is 457 g/mol. The molecule has 4 aliphatic heterocycles. The highest BCUT2D eigenvalue weighted by atomic mass is 16.4. The smallest absolute Gasteiger partial charge is 0.111 e. The molecule has 178 valence electrons. The number of piperidine rings is 2. The molecule has 0 saturated carbocycles. The Hall–Kier alpha value is -1.88. The van der Waals surface area contributed by atoms with Crippen molar-refractivity contribution < 1.29 is 30.6 Å². The fourth-order valence-corrected chi connectivity index (χ4v) is 6.51. The Labute approximate surface area is 193 Å². The molecule has 0 spiro atoms. The molecule has 0 aromatic heterocycles. The molecule has 4 saturated heterocycles. The Balaban J connectivity index is 1.55. The highest BCUT2D eigenvalue weighted by molar-refractivity contribution is 5.42. The van der Waals surface area contributed by atoms with Crippen molar-refractivity contribution in [3.63, 3.8) is 0 Å². The lowest BCUT2D eigenvalue weighted by Gasteiger charge is -2.70. The maximum absolute atomic E-state index is 11.9. The molecule has 0 aliphatic carbocycles. The third-order valence-corrected chi connectivity index (χ3v) is 8.02. The Morgan fingerprint density at radius 3 is 1.55 bits per heavy atom. The van der Waals surface area contributed by atoms with Crippen molar-refractivity contribution >= 4 is 0 Å². The molecule has 33 heavy (non-hydrogen) atoms. The molecular formula is C25H32N2O6. The van der Waals surface area contributed by atoms with Gasteiger partial charge in [-0.05, 0) is 11.1 Å². The summed E-state index contributed by atoms with van der Waals surface area (Å²) in [6.07, 6.45) is -7.49. The number of hydrogen-bond donors (Lipinski definition) is 6. The minimum atomic E-state index is -1.68. The van der Waals surface area contributed by atoms with Gasteiger partial charge >= 0.3 is 0 Å². The lowest BCUT2D eigenvalue weighted by atomic mass is 9.54. The summed E-state index contributed by atoms with van der Waals surface area (Å²) >= 11 is 0. The van der Waals surface area contributed by atoms with Gasteiger partial charge in [0.25, 0.3) is 0 Å². The molecule has 2 aromatic carbocycles. The lowest BCUT2D eigenvalue weighted by Crippen LogP contribution is -2.85. The zero-order valence-electron chi connectivity index (χ0n) is 18.4. The minimum Gasteiger partial charge on any atom is -0.394 e. The van der Waals surface area contributed by atoms with Crippen LogP contribution in [-0.4, -0.2) is 110 Å². The van der Waals surface area contributed by atoms with Crippen LogP contribution in [0.4, 0.5) is 0 Å². The summed E-state index contributed by atoms with van der Waals surface area (Å²) in [6.45, 7) is 1.21. The van der Waals surface area contributed by atoms with Crippen LogP contribution in [0.5, 0.6) is 0 Å². The number of aliphatic hydroxyl groups is 6. The Morgan fingerprint density at radius 2 is 1.15 bits per heavy atom. The van der Waals surface area contributed by atoms with Gasteiger partial charge < -0.3 is 30.6 Å². The Kier molecular flexibility index (Phi) is 5.83. The standard InChI is InChI=1S/C25H32N2O6/c28-11-18(29)19(30)20(31)21(32)22-26-12-24(16-7-3-1-4-8-16)13-27(22)15-25(14-26,23(24)33)17-9-5-2-6-10-17/h1-10,18-23,28-33H,11-15H2. The first kappa shape index (κ1) is 22.9. The number of rotatable bonds is 7. The minimum absolute atomic E-state index is 0.482. The lowest BCUT2D eigenvalue weighted by molar-refractivity contribution is -0.244. The SMILES string of the molecule is OCC(O)C(O)C(O)C(O)C1N2CC3(c4ccccc4)CN1CC(c1ccccc1)(C2)C3O. The van der Waals surface area contributed by atoms with Crippen molar-refractivity contribution in [1.82, 2.24) is 9.80 Å². The van der Waals surface area contributed by atoms with E-state index in [0.717, 1.165) is 11.1 Å². The van der Waals surface area contributed by atoms with Crippen molar-refractivity contribution in [3.8, 4) is 0 Å². The van der Waals surface area contributed by atoms with Gasteiger partial charge in [-0.15, -0.1) is 0 Å². The first-order chi connectivity index (χ1) is 15.8. The summed E-state index contributed by atoms with van der Waals surface area (Å²) in [6, 6.07) is 19.8. The van der Waals surface area contributed by atoms with E-state index >= 15 is 0 Å². The van der Waals surface area contributed by atoms with E-state index in [1.54, 1.807) is 0 Å². The molecule has 4 heterocycles. The molecule has 0 amide bonds. The highest BCUT2D eigenvalue weighted by Crippen LogP contribution is 2.54. The van der Waals surface area contributed by atoms with Crippen molar-refractivity contribution in [2.24, 2.45) is 0 Å². The first-order valence-corrected chi connectivity index (χ1v) is 11.4. The van der Waals surface area contributed by atoms with Crippen LogP contribution in [-0.2, 0) is 10.8 Å². The fraction of sp³-hybridized carbons (Fsp3) is 0.520. The summed E-state index contributed by atoms with van der Waals surface area (Å²) in [5.74, 6) is 0. The normalized spacial score (nSPS) is 38.6. The van der Waals surface area contributed by atoms with Gasteiger partial charge in [-0.1, -0.05) is 60.7 Å². The van der Waals surface area contributed by atoms with Crippen LogP contribution >= 0.6 is 0 Å². The van der Waals surface area contributed by atoms with E-state index in [1.807, 2.05) is 60.7 Å². The summed E-state index contributed by atoms with van der Waals surface area (Å²) in [7, 11) is 0. The molecule has 4 atom stereocenters. The van der Waals surface area contributed by atoms with Gasteiger partial charge in [0.15, 0.2) is 0 Å². The van der Waals surface area contributed by atoms with E-state index < -0.39 is 54.1 Å². The second kappa shape index (κ2) is 8.41. The van der Waals surface area contributed by atoms with Gasteiger partial charge in [0, 0.05) is 37.0 Å². The van der Waals surface area contributed by atoms with Crippen LogP contribution in [0.3, 0.4) is 0 Å². The topological polar surface area (TPSA) is 128 Å². The zero-order valence-corrected chi connectivity index (χ0v) is 18.4. The summed E-state index contributed by atoms with van der Waals surface area (Å²) in [4.78, 5) is 4.15. The van der Waals surface area contributed by atoms with E-state index in [4.69, 9.17) is 5.11 Å². The van der Waals surface area contributed by atoms with Crippen LogP contribution in [0, 0.1) is 0 Å². The highest BCUT2D eigenvalue weighted by Gasteiger charge is 2.67. The fourth-order valence-electron chi connectivity index (χ4n) is 6.51. The third kappa shape index (κ3) is 3.37. The molecule has 4 fully saturated rings. The predicted molar refractivity (Wildman–Crippen MR) is 120 cm³/mol. The maximum atomic E-state index is 11.9. The summed E-state index contributed by atoms with van der Waals surface area (Å²) in [5.41, 5.74) is 0.878. The molecule has 4 bridgehead atoms. The van der Waals surface area contributed by atoms with Crippen molar-refractivity contribution in [2.45, 2.75) is 47.5 Å². The molecule has 8 heteroatoms. The molecule has 0 radical (unpaired) electrons. The maximum Gasteiger partial charge on any atom is 0.111 e. The predicted octanol–water partition coefficient (Wildman–Crippen LogP) is -1.37. The zero-order chi connectivity index (χ0) is 23.4.